The predicted molar refractivity (Wildman–Crippen MR) is 105 cm³/mol. The van der Waals surface area contributed by atoms with E-state index in [0.717, 1.165) is 29.2 Å². The van der Waals surface area contributed by atoms with E-state index < -0.39 is 0 Å². The lowest BCUT2D eigenvalue weighted by atomic mass is 10.1. The minimum absolute atomic E-state index is 0.545. The highest BCUT2D eigenvalue weighted by Gasteiger charge is 2.07. The molecule has 1 aromatic rings. The summed E-state index contributed by atoms with van der Waals surface area (Å²) in [6, 6.07) is 8.07. The molecular weight excluding hydrogens is 298 g/mol. The summed E-state index contributed by atoms with van der Waals surface area (Å²) in [5.74, 6) is 5.66. The van der Waals surface area contributed by atoms with Crippen molar-refractivity contribution in [1.29, 1.82) is 0 Å². The van der Waals surface area contributed by atoms with Crippen molar-refractivity contribution >= 4 is 17.6 Å². The number of hydrogen-bond donors (Lipinski definition) is 3. The molecule has 5 nitrogen and oxygen atoms in total. The van der Waals surface area contributed by atoms with E-state index in [0.29, 0.717) is 11.4 Å². The SMILES string of the molecule is C=C/C(N)=C(C)/N=C/C=C(\NN)c1cccc(N(CC)C(=C)C)c1. The number of benzene rings is 1. The summed E-state index contributed by atoms with van der Waals surface area (Å²) in [5.41, 5.74) is 13.5. The monoisotopic (exact) mass is 325 g/mol. The Labute approximate surface area is 144 Å². The van der Waals surface area contributed by atoms with Gasteiger partial charge in [-0.05, 0) is 45.1 Å². The molecule has 0 atom stereocenters. The highest BCUT2D eigenvalue weighted by molar-refractivity contribution is 5.85. The molecule has 0 amide bonds. The third kappa shape index (κ3) is 5.14. The molecule has 0 bridgehead atoms. The van der Waals surface area contributed by atoms with Crippen LogP contribution in [0.3, 0.4) is 0 Å². The van der Waals surface area contributed by atoms with Crippen LogP contribution in [0.2, 0.25) is 0 Å². The Kier molecular flexibility index (Phi) is 7.52. The van der Waals surface area contributed by atoms with Crippen LogP contribution in [0.4, 0.5) is 5.69 Å². The molecule has 0 radical (unpaired) electrons. The molecule has 0 fully saturated rings. The maximum Gasteiger partial charge on any atom is 0.0601 e. The Balaban J connectivity index is 3.13. The van der Waals surface area contributed by atoms with E-state index >= 15 is 0 Å². The van der Waals surface area contributed by atoms with E-state index in [4.69, 9.17) is 11.6 Å². The highest BCUT2D eigenvalue weighted by Crippen LogP contribution is 2.22. The molecule has 0 aliphatic heterocycles. The van der Waals surface area contributed by atoms with Gasteiger partial charge < -0.3 is 16.1 Å². The van der Waals surface area contributed by atoms with Gasteiger partial charge in [0.25, 0.3) is 0 Å². The molecular formula is C19H27N5. The van der Waals surface area contributed by atoms with Gasteiger partial charge in [-0.25, -0.2) is 0 Å². The lowest BCUT2D eigenvalue weighted by molar-refractivity contribution is 0.955. The normalized spacial score (nSPS) is 12.8. The number of anilines is 1. The number of aliphatic imine (C=N–C) groups is 1. The van der Waals surface area contributed by atoms with Gasteiger partial charge in [0, 0.05) is 29.7 Å². The van der Waals surface area contributed by atoms with Crippen LogP contribution in [0.25, 0.3) is 5.70 Å². The first kappa shape index (κ1) is 19.3. The fourth-order valence-corrected chi connectivity index (χ4v) is 2.19. The lowest BCUT2D eigenvalue weighted by Gasteiger charge is -2.23. The van der Waals surface area contributed by atoms with Crippen LogP contribution in [-0.4, -0.2) is 12.8 Å². The molecule has 0 aliphatic rings. The van der Waals surface area contributed by atoms with Gasteiger partial charge in [-0.2, -0.15) is 0 Å². The lowest BCUT2D eigenvalue weighted by Crippen LogP contribution is -2.22. The number of rotatable bonds is 8. The van der Waals surface area contributed by atoms with Crippen molar-refractivity contribution < 1.29 is 0 Å². The third-order valence-corrected chi connectivity index (χ3v) is 3.55. The zero-order valence-corrected chi connectivity index (χ0v) is 14.7. The average Bonchev–Trinajstić information content (AvgIpc) is 2.58. The second-order valence-electron chi connectivity index (χ2n) is 5.28. The van der Waals surface area contributed by atoms with E-state index in [1.807, 2.05) is 32.0 Å². The molecule has 0 saturated carbocycles. The first-order chi connectivity index (χ1) is 11.4. The fourth-order valence-electron chi connectivity index (χ4n) is 2.19. The van der Waals surface area contributed by atoms with Gasteiger partial charge in [-0.1, -0.05) is 25.3 Å². The standard InChI is InChI=1S/C19H27N5/c1-6-18(20)15(5)22-12-11-19(23-21)16-9-8-10-17(13-16)24(7-2)14(3)4/h6,8-13,23H,1,3,7,20-21H2,2,4-5H3/b18-15-,19-11-,22-12+. The molecule has 0 saturated heterocycles. The molecule has 0 unspecified atom stereocenters. The summed E-state index contributed by atoms with van der Waals surface area (Å²) in [7, 11) is 0. The van der Waals surface area contributed by atoms with Crippen molar-refractivity contribution in [2.24, 2.45) is 16.6 Å². The highest BCUT2D eigenvalue weighted by atomic mass is 15.2. The molecule has 1 aromatic carbocycles. The Hall–Kier alpha value is -2.79. The van der Waals surface area contributed by atoms with Crippen LogP contribution < -0.4 is 21.9 Å². The van der Waals surface area contributed by atoms with Crippen molar-refractivity contribution in [2.75, 3.05) is 11.4 Å². The van der Waals surface area contributed by atoms with Crippen LogP contribution in [0, 0.1) is 0 Å². The van der Waals surface area contributed by atoms with Gasteiger partial charge >= 0.3 is 0 Å². The largest absolute Gasteiger partial charge is 0.397 e. The number of nitrogens with zero attached hydrogens (tertiary/aromatic N) is 2. The molecule has 0 heterocycles. The van der Waals surface area contributed by atoms with Crippen molar-refractivity contribution in [3.63, 3.8) is 0 Å². The summed E-state index contributed by atoms with van der Waals surface area (Å²) < 4.78 is 0. The van der Waals surface area contributed by atoms with Crippen molar-refractivity contribution in [3.8, 4) is 0 Å². The quantitative estimate of drug-likeness (QED) is 0.296. The van der Waals surface area contributed by atoms with Crippen molar-refractivity contribution in [1.82, 2.24) is 5.43 Å². The van der Waals surface area contributed by atoms with Crippen molar-refractivity contribution in [2.45, 2.75) is 20.8 Å². The Morgan fingerprint density at radius 2 is 2.08 bits per heavy atom. The Morgan fingerprint density at radius 1 is 1.38 bits per heavy atom. The van der Waals surface area contributed by atoms with E-state index in [1.54, 1.807) is 18.4 Å². The molecule has 1 rings (SSSR count). The minimum atomic E-state index is 0.545. The maximum atomic E-state index is 5.75. The summed E-state index contributed by atoms with van der Waals surface area (Å²) in [6.07, 6.45) is 5.03. The second kappa shape index (κ2) is 9.37. The predicted octanol–water partition coefficient (Wildman–Crippen LogP) is 3.30. The third-order valence-electron chi connectivity index (χ3n) is 3.55. The van der Waals surface area contributed by atoms with Crippen molar-refractivity contribution in [3.05, 3.63) is 72.2 Å². The number of hydrazine groups is 1. The maximum absolute atomic E-state index is 5.75. The molecule has 5 N–H and O–H groups in total. The molecule has 0 aliphatic carbocycles. The number of allylic oxidation sites excluding steroid dienone is 4. The first-order valence-electron chi connectivity index (χ1n) is 7.77. The number of nitrogens with two attached hydrogens (primary N) is 2. The van der Waals surface area contributed by atoms with E-state index in [1.165, 1.54) is 0 Å². The minimum Gasteiger partial charge on any atom is -0.397 e. The topological polar surface area (TPSA) is 79.7 Å². The Bertz CT molecular complexity index is 683. The van der Waals surface area contributed by atoms with Gasteiger partial charge in [0.15, 0.2) is 0 Å². The van der Waals surface area contributed by atoms with Gasteiger partial charge in [-0.15, -0.1) is 0 Å². The van der Waals surface area contributed by atoms with Gasteiger partial charge in [0.1, 0.15) is 0 Å². The van der Waals surface area contributed by atoms with E-state index in [9.17, 15) is 0 Å². The van der Waals surface area contributed by atoms with Gasteiger partial charge in [0.05, 0.1) is 17.1 Å². The summed E-state index contributed by atoms with van der Waals surface area (Å²) in [5, 5.41) is 0. The van der Waals surface area contributed by atoms with Gasteiger partial charge in [0.2, 0.25) is 0 Å². The van der Waals surface area contributed by atoms with Crippen LogP contribution in [0.5, 0.6) is 0 Å². The number of hydrogen-bond acceptors (Lipinski definition) is 5. The summed E-state index contributed by atoms with van der Waals surface area (Å²) in [4.78, 5) is 6.40. The van der Waals surface area contributed by atoms with E-state index in [-0.39, 0.29) is 0 Å². The summed E-state index contributed by atoms with van der Waals surface area (Å²) in [6.45, 7) is 14.4. The molecule has 24 heavy (non-hydrogen) atoms. The smallest absolute Gasteiger partial charge is 0.0601 e. The van der Waals surface area contributed by atoms with Crippen LogP contribution in [0.15, 0.2) is 71.7 Å². The summed E-state index contributed by atoms with van der Waals surface area (Å²) >= 11 is 0. The molecule has 0 spiro atoms. The van der Waals surface area contributed by atoms with Crippen LogP contribution >= 0.6 is 0 Å². The van der Waals surface area contributed by atoms with Crippen LogP contribution in [0.1, 0.15) is 26.3 Å². The molecule has 0 aromatic heterocycles. The van der Waals surface area contributed by atoms with Gasteiger partial charge in [-0.3, -0.25) is 10.8 Å². The Morgan fingerprint density at radius 3 is 2.62 bits per heavy atom. The average molecular weight is 325 g/mol. The fraction of sp³-hybridized carbons (Fsp3) is 0.211. The van der Waals surface area contributed by atoms with Crippen LogP contribution in [-0.2, 0) is 0 Å². The molecule has 128 valence electrons. The first-order valence-corrected chi connectivity index (χ1v) is 7.77. The molecule has 5 heteroatoms. The number of nitrogens with one attached hydrogen (secondary N) is 1. The zero-order valence-electron chi connectivity index (χ0n) is 14.7. The second-order valence-corrected chi connectivity index (χ2v) is 5.28. The zero-order chi connectivity index (χ0) is 18.1. The van der Waals surface area contributed by atoms with E-state index in [2.05, 4.69) is 41.5 Å².